The number of hydrogen-bond donors (Lipinski definition) is 2. The van der Waals surface area contributed by atoms with Crippen molar-refractivity contribution in [1.29, 1.82) is 0 Å². The molecule has 0 saturated carbocycles. The van der Waals surface area contributed by atoms with Gasteiger partial charge in [0.25, 0.3) is 5.91 Å². The number of aromatic amines is 1. The highest BCUT2D eigenvalue weighted by atomic mass is 16.2. The van der Waals surface area contributed by atoms with Gasteiger partial charge in [-0.05, 0) is 39.2 Å². The topological polar surface area (TPSA) is 98.4 Å². The molecule has 23 heavy (non-hydrogen) atoms. The van der Waals surface area contributed by atoms with Crippen LogP contribution in [0, 0.1) is 0 Å². The van der Waals surface area contributed by atoms with Crippen molar-refractivity contribution in [3.8, 4) is 0 Å². The molecule has 1 atom stereocenters. The van der Waals surface area contributed by atoms with Crippen LogP contribution < -0.4 is 5.32 Å². The number of aromatic nitrogens is 2. The molecule has 2 fully saturated rings. The summed E-state index contributed by atoms with van der Waals surface area (Å²) in [5.41, 5.74) is -0.0715. The quantitative estimate of drug-likeness (QED) is 0.805. The monoisotopic (exact) mass is 319 g/mol. The van der Waals surface area contributed by atoms with Gasteiger partial charge in [0, 0.05) is 12.7 Å². The second kappa shape index (κ2) is 5.68. The number of piperidine rings is 1. The van der Waals surface area contributed by atoms with E-state index in [2.05, 4.69) is 15.5 Å². The van der Waals surface area contributed by atoms with Crippen molar-refractivity contribution in [2.24, 2.45) is 0 Å². The van der Waals surface area contributed by atoms with Crippen LogP contribution in [0.4, 0.5) is 4.79 Å². The Morgan fingerprint density at radius 1 is 1.39 bits per heavy atom. The lowest BCUT2D eigenvalue weighted by molar-refractivity contribution is -0.141. The van der Waals surface area contributed by atoms with Crippen LogP contribution in [0.25, 0.3) is 0 Å². The minimum atomic E-state index is -0.956. The zero-order valence-electron chi connectivity index (χ0n) is 13.3. The fourth-order valence-electron chi connectivity index (χ4n) is 3.19. The van der Waals surface area contributed by atoms with E-state index in [-0.39, 0.29) is 24.4 Å². The SMILES string of the molecule is CC1(C)NC(=O)N(CC(=O)N2CCCCC2c2ccn[nH]2)C1=O. The van der Waals surface area contributed by atoms with Crippen molar-refractivity contribution in [1.82, 2.24) is 25.3 Å². The summed E-state index contributed by atoms with van der Waals surface area (Å²) in [6, 6.07) is 1.27. The summed E-state index contributed by atoms with van der Waals surface area (Å²) in [7, 11) is 0. The molecule has 3 heterocycles. The van der Waals surface area contributed by atoms with E-state index >= 15 is 0 Å². The van der Waals surface area contributed by atoms with Gasteiger partial charge in [-0.2, -0.15) is 5.10 Å². The van der Waals surface area contributed by atoms with E-state index < -0.39 is 11.6 Å². The highest BCUT2D eigenvalue weighted by Crippen LogP contribution is 2.30. The van der Waals surface area contributed by atoms with Crippen molar-refractivity contribution in [3.63, 3.8) is 0 Å². The van der Waals surface area contributed by atoms with E-state index in [1.165, 1.54) is 0 Å². The molecular formula is C15H21N5O3. The molecule has 1 unspecified atom stereocenters. The van der Waals surface area contributed by atoms with Crippen LogP contribution in [0.2, 0.25) is 0 Å². The van der Waals surface area contributed by atoms with Gasteiger partial charge < -0.3 is 10.2 Å². The third kappa shape index (κ3) is 2.80. The highest BCUT2D eigenvalue weighted by Gasteiger charge is 2.45. The molecular weight excluding hydrogens is 298 g/mol. The van der Waals surface area contributed by atoms with Crippen molar-refractivity contribution < 1.29 is 14.4 Å². The average molecular weight is 319 g/mol. The zero-order valence-corrected chi connectivity index (χ0v) is 13.3. The lowest BCUT2D eigenvalue weighted by atomic mass is 9.99. The number of H-pyrrole nitrogens is 1. The lowest BCUT2D eigenvalue weighted by Crippen LogP contribution is -2.47. The number of amides is 4. The molecule has 2 aliphatic heterocycles. The molecule has 3 rings (SSSR count). The molecule has 8 nitrogen and oxygen atoms in total. The predicted octanol–water partition coefficient (Wildman–Crippen LogP) is 0.794. The zero-order chi connectivity index (χ0) is 16.6. The van der Waals surface area contributed by atoms with Crippen LogP contribution in [0.1, 0.15) is 44.8 Å². The number of imide groups is 1. The summed E-state index contributed by atoms with van der Waals surface area (Å²) in [5.74, 6) is -0.587. The van der Waals surface area contributed by atoms with Gasteiger partial charge in [0.1, 0.15) is 12.1 Å². The number of carbonyl (C=O) groups is 3. The molecule has 1 aromatic heterocycles. The molecule has 0 aliphatic carbocycles. The van der Waals surface area contributed by atoms with E-state index in [9.17, 15) is 14.4 Å². The predicted molar refractivity (Wildman–Crippen MR) is 81.2 cm³/mol. The third-order valence-corrected chi connectivity index (χ3v) is 4.44. The van der Waals surface area contributed by atoms with Crippen molar-refractivity contribution in [2.45, 2.75) is 44.7 Å². The summed E-state index contributed by atoms with van der Waals surface area (Å²) in [6.45, 7) is 3.66. The maximum Gasteiger partial charge on any atom is 0.325 e. The molecule has 4 amide bonds. The van der Waals surface area contributed by atoms with Gasteiger partial charge in [-0.3, -0.25) is 19.6 Å². The van der Waals surface area contributed by atoms with Crippen LogP contribution in [0.3, 0.4) is 0 Å². The van der Waals surface area contributed by atoms with Gasteiger partial charge in [0.15, 0.2) is 0 Å². The van der Waals surface area contributed by atoms with Crippen molar-refractivity contribution >= 4 is 17.8 Å². The first-order valence-corrected chi connectivity index (χ1v) is 7.83. The maximum atomic E-state index is 12.7. The summed E-state index contributed by atoms with van der Waals surface area (Å²) in [5, 5.41) is 9.45. The second-order valence-corrected chi connectivity index (χ2v) is 6.56. The normalized spacial score (nSPS) is 24.0. The molecule has 2 N–H and O–H groups in total. The van der Waals surface area contributed by atoms with Crippen LogP contribution in [0.15, 0.2) is 12.3 Å². The average Bonchev–Trinajstić information content (AvgIpc) is 3.10. The summed E-state index contributed by atoms with van der Waals surface area (Å²) in [6.07, 6.45) is 4.46. The Labute approximate surface area is 134 Å². The Bertz CT molecular complexity index is 625. The van der Waals surface area contributed by atoms with Gasteiger partial charge in [-0.15, -0.1) is 0 Å². The summed E-state index contributed by atoms with van der Waals surface area (Å²) >= 11 is 0. The van der Waals surface area contributed by atoms with Crippen LogP contribution >= 0.6 is 0 Å². The fourth-order valence-corrected chi connectivity index (χ4v) is 3.19. The fraction of sp³-hybridized carbons (Fsp3) is 0.600. The van der Waals surface area contributed by atoms with E-state index in [0.29, 0.717) is 6.54 Å². The van der Waals surface area contributed by atoms with Gasteiger partial charge >= 0.3 is 6.03 Å². The van der Waals surface area contributed by atoms with E-state index in [0.717, 1.165) is 29.9 Å². The number of carbonyl (C=O) groups excluding carboxylic acids is 3. The molecule has 2 saturated heterocycles. The Kier molecular flexibility index (Phi) is 3.83. The van der Waals surface area contributed by atoms with Crippen LogP contribution in [-0.2, 0) is 9.59 Å². The van der Waals surface area contributed by atoms with Crippen LogP contribution in [-0.4, -0.2) is 56.5 Å². The molecule has 0 aromatic carbocycles. The number of rotatable bonds is 3. The molecule has 1 aromatic rings. The Hall–Kier alpha value is -2.38. The minimum Gasteiger partial charge on any atom is -0.333 e. The van der Waals surface area contributed by atoms with Crippen molar-refractivity contribution in [3.05, 3.63) is 18.0 Å². The smallest absolute Gasteiger partial charge is 0.325 e. The Morgan fingerprint density at radius 3 is 2.78 bits per heavy atom. The standard InChI is InChI=1S/C15H21N5O3/c1-15(2)13(22)20(14(23)17-15)9-12(21)19-8-4-3-5-11(19)10-6-7-16-18-10/h6-7,11H,3-5,8-9H2,1-2H3,(H,16,18)(H,17,23). The molecule has 0 bridgehead atoms. The van der Waals surface area contributed by atoms with E-state index in [1.54, 1.807) is 24.9 Å². The summed E-state index contributed by atoms with van der Waals surface area (Å²) < 4.78 is 0. The van der Waals surface area contributed by atoms with E-state index in [1.807, 2.05) is 6.07 Å². The number of nitrogens with zero attached hydrogens (tertiary/aromatic N) is 3. The van der Waals surface area contributed by atoms with Crippen LogP contribution in [0.5, 0.6) is 0 Å². The minimum absolute atomic E-state index is 0.0764. The Balaban J connectivity index is 1.74. The Morgan fingerprint density at radius 2 is 2.17 bits per heavy atom. The molecule has 0 radical (unpaired) electrons. The first-order chi connectivity index (χ1) is 10.9. The number of likely N-dealkylation sites (tertiary alicyclic amines) is 1. The van der Waals surface area contributed by atoms with Gasteiger partial charge in [0.05, 0.1) is 11.7 Å². The van der Waals surface area contributed by atoms with Gasteiger partial charge in [-0.1, -0.05) is 0 Å². The summed E-state index contributed by atoms with van der Waals surface area (Å²) in [4.78, 5) is 39.6. The molecule has 0 spiro atoms. The first kappa shape index (κ1) is 15.5. The third-order valence-electron chi connectivity index (χ3n) is 4.44. The van der Waals surface area contributed by atoms with Crippen molar-refractivity contribution in [2.75, 3.05) is 13.1 Å². The largest absolute Gasteiger partial charge is 0.333 e. The number of hydrogen-bond acceptors (Lipinski definition) is 4. The number of urea groups is 1. The van der Waals surface area contributed by atoms with Gasteiger partial charge in [-0.25, -0.2) is 4.79 Å². The molecule has 2 aliphatic rings. The number of nitrogens with one attached hydrogen (secondary N) is 2. The lowest BCUT2D eigenvalue weighted by Gasteiger charge is -2.35. The highest BCUT2D eigenvalue weighted by molar-refractivity contribution is 6.08. The molecule has 124 valence electrons. The first-order valence-electron chi connectivity index (χ1n) is 7.83. The molecule has 8 heteroatoms. The van der Waals surface area contributed by atoms with Gasteiger partial charge in [0.2, 0.25) is 5.91 Å². The maximum absolute atomic E-state index is 12.7. The second-order valence-electron chi connectivity index (χ2n) is 6.56. The van der Waals surface area contributed by atoms with E-state index in [4.69, 9.17) is 0 Å².